The molecule has 0 unspecified atom stereocenters. The average Bonchev–Trinajstić information content (AvgIpc) is 2.61. The summed E-state index contributed by atoms with van der Waals surface area (Å²) in [6, 6.07) is 15.4. The maximum Gasteiger partial charge on any atom is 0.247 e. The van der Waals surface area contributed by atoms with Gasteiger partial charge >= 0.3 is 0 Å². The standard InChI is InChI=1S/C18H17N3O2S/c1-12-3-9-15(10-4-12)24-18-16(19)17(20-11-21-18)23-14-7-5-13(22-2)6-8-14/h3-11H,19H2,1-2H3. The topological polar surface area (TPSA) is 70.3 Å². The zero-order chi connectivity index (χ0) is 16.9. The number of hydrogen-bond donors (Lipinski definition) is 1. The van der Waals surface area contributed by atoms with Crippen LogP contribution < -0.4 is 15.2 Å². The lowest BCUT2D eigenvalue weighted by molar-refractivity contribution is 0.412. The highest BCUT2D eigenvalue weighted by Gasteiger charge is 2.12. The Morgan fingerprint density at radius 1 is 0.917 bits per heavy atom. The van der Waals surface area contributed by atoms with Crippen molar-refractivity contribution in [2.24, 2.45) is 0 Å². The molecule has 122 valence electrons. The van der Waals surface area contributed by atoms with Crippen LogP contribution in [0.15, 0.2) is 64.8 Å². The first-order chi connectivity index (χ1) is 11.7. The third kappa shape index (κ3) is 3.78. The fourth-order valence-corrected chi connectivity index (χ4v) is 2.79. The highest BCUT2D eigenvalue weighted by atomic mass is 32.2. The molecule has 1 aromatic heterocycles. The van der Waals surface area contributed by atoms with Crippen LogP contribution in [0, 0.1) is 6.92 Å². The Hall–Kier alpha value is -2.73. The lowest BCUT2D eigenvalue weighted by Gasteiger charge is -2.10. The molecule has 6 heteroatoms. The van der Waals surface area contributed by atoms with Crippen LogP contribution in [0.4, 0.5) is 5.69 Å². The Labute approximate surface area is 144 Å². The molecular weight excluding hydrogens is 322 g/mol. The van der Waals surface area contributed by atoms with Crippen LogP contribution in [0.1, 0.15) is 5.56 Å². The van der Waals surface area contributed by atoms with E-state index >= 15 is 0 Å². The van der Waals surface area contributed by atoms with Crippen molar-refractivity contribution in [1.29, 1.82) is 0 Å². The number of aryl methyl sites for hydroxylation is 1. The van der Waals surface area contributed by atoms with Gasteiger partial charge in [-0.3, -0.25) is 0 Å². The van der Waals surface area contributed by atoms with E-state index in [1.807, 2.05) is 31.2 Å². The predicted octanol–water partition coefficient (Wildman–Crippen LogP) is 4.32. The molecule has 0 saturated heterocycles. The van der Waals surface area contributed by atoms with E-state index in [2.05, 4.69) is 22.1 Å². The Balaban J connectivity index is 1.80. The zero-order valence-corrected chi connectivity index (χ0v) is 14.2. The molecule has 0 aliphatic carbocycles. The van der Waals surface area contributed by atoms with Gasteiger partial charge in [0.05, 0.1) is 7.11 Å². The molecule has 2 N–H and O–H groups in total. The molecule has 0 aliphatic rings. The third-order valence-corrected chi connectivity index (χ3v) is 4.35. The smallest absolute Gasteiger partial charge is 0.247 e. The fraction of sp³-hybridized carbons (Fsp3) is 0.111. The Morgan fingerprint density at radius 3 is 2.25 bits per heavy atom. The molecule has 0 amide bonds. The summed E-state index contributed by atoms with van der Waals surface area (Å²) in [5.74, 6) is 1.73. The molecule has 0 bridgehead atoms. The number of ether oxygens (including phenoxy) is 2. The molecular formula is C18H17N3O2S. The summed E-state index contributed by atoms with van der Waals surface area (Å²) >= 11 is 1.48. The number of nitrogen functional groups attached to an aromatic ring is 1. The Morgan fingerprint density at radius 2 is 1.58 bits per heavy atom. The minimum atomic E-state index is 0.338. The number of nitrogens with two attached hydrogens (primary N) is 1. The van der Waals surface area contributed by atoms with Crippen LogP contribution in [0.2, 0.25) is 0 Å². The minimum absolute atomic E-state index is 0.338. The summed E-state index contributed by atoms with van der Waals surface area (Å²) in [6.45, 7) is 2.05. The van der Waals surface area contributed by atoms with Crippen molar-refractivity contribution in [2.45, 2.75) is 16.8 Å². The van der Waals surface area contributed by atoms with E-state index in [9.17, 15) is 0 Å². The second-order valence-electron chi connectivity index (χ2n) is 5.09. The molecule has 0 spiro atoms. The lowest BCUT2D eigenvalue weighted by Crippen LogP contribution is -1.99. The van der Waals surface area contributed by atoms with Gasteiger partial charge in [-0.1, -0.05) is 29.5 Å². The highest BCUT2D eigenvalue weighted by molar-refractivity contribution is 7.99. The SMILES string of the molecule is COc1ccc(Oc2ncnc(Sc3ccc(C)cc3)c2N)cc1. The number of rotatable bonds is 5. The molecule has 3 aromatic rings. The Bertz CT molecular complexity index is 821. The van der Waals surface area contributed by atoms with E-state index < -0.39 is 0 Å². The summed E-state index contributed by atoms with van der Waals surface area (Å²) in [4.78, 5) is 9.44. The zero-order valence-electron chi connectivity index (χ0n) is 13.4. The van der Waals surface area contributed by atoms with Crippen molar-refractivity contribution in [3.05, 3.63) is 60.4 Å². The molecule has 0 aliphatic heterocycles. The number of benzene rings is 2. The van der Waals surface area contributed by atoms with Crippen molar-refractivity contribution in [3.8, 4) is 17.4 Å². The summed E-state index contributed by atoms with van der Waals surface area (Å²) in [7, 11) is 1.62. The van der Waals surface area contributed by atoms with Crippen molar-refractivity contribution in [3.63, 3.8) is 0 Å². The fourth-order valence-electron chi connectivity index (χ4n) is 2.00. The first kappa shape index (κ1) is 16.1. The molecule has 0 fully saturated rings. The molecule has 3 rings (SSSR count). The number of aromatic nitrogens is 2. The van der Waals surface area contributed by atoms with E-state index in [0.717, 1.165) is 10.6 Å². The van der Waals surface area contributed by atoms with Crippen molar-refractivity contribution >= 4 is 17.4 Å². The van der Waals surface area contributed by atoms with Crippen LogP contribution in [0.3, 0.4) is 0 Å². The van der Waals surface area contributed by atoms with Gasteiger partial charge in [-0.05, 0) is 43.3 Å². The largest absolute Gasteiger partial charge is 0.497 e. The molecule has 0 saturated carbocycles. The first-order valence-corrected chi connectivity index (χ1v) is 8.14. The number of nitrogens with zero attached hydrogens (tertiary/aromatic N) is 2. The highest BCUT2D eigenvalue weighted by Crippen LogP contribution is 2.35. The number of anilines is 1. The van der Waals surface area contributed by atoms with Crippen molar-refractivity contribution < 1.29 is 9.47 Å². The van der Waals surface area contributed by atoms with Gasteiger partial charge in [0.1, 0.15) is 28.5 Å². The molecule has 0 atom stereocenters. The normalized spacial score (nSPS) is 10.4. The predicted molar refractivity (Wildman–Crippen MR) is 94.8 cm³/mol. The van der Waals surface area contributed by atoms with Crippen molar-refractivity contribution in [1.82, 2.24) is 9.97 Å². The van der Waals surface area contributed by atoms with E-state index in [4.69, 9.17) is 15.2 Å². The van der Waals surface area contributed by atoms with Crippen LogP contribution in [-0.4, -0.2) is 17.1 Å². The molecule has 5 nitrogen and oxygen atoms in total. The molecule has 0 radical (unpaired) electrons. The van der Waals surface area contributed by atoms with E-state index in [1.165, 1.54) is 23.7 Å². The summed E-state index contributed by atoms with van der Waals surface area (Å²) in [6.07, 6.45) is 1.45. The van der Waals surface area contributed by atoms with E-state index in [1.54, 1.807) is 19.2 Å². The van der Waals surface area contributed by atoms with Crippen LogP contribution in [0.25, 0.3) is 0 Å². The third-order valence-electron chi connectivity index (χ3n) is 3.32. The Kier molecular flexibility index (Phi) is 4.86. The quantitative estimate of drug-likeness (QED) is 0.698. The monoisotopic (exact) mass is 339 g/mol. The average molecular weight is 339 g/mol. The van der Waals surface area contributed by atoms with Crippen LogP contribution >= 0.6 is 11.8 Å². The second kappa shape index (κ2) is 7.23. The van der Waals surface area contributed by atoms with Crippen molar-refractivity contribution in [2.75, 3.05) is 12.8 Å². The number of hydrogen-bond acceptors (Lipinski definition) is 6. The van der Waals surface area contributed by atoms with E-state index in [0.29, 0.717) is 22.3 Å². The van der Waals surface area contributed by atoms with Gasteiger partial charge in [0.25, 0.3) is 0 Å². The lowest BCUT2D eigenvalue weighted by atomic mass is 10.2. The maximum atomic E-state index is 6.17. The van der Waals surface area contributed by atoms with E-state index in [-0.39, 0.29) is 0 Å². The number of methoxy groups -OCH3 is 1. The second-order valence-corrected chi connectivity index (χ2v) is 6.15. The van der Waals surface area contributed by atoms with Gasteiger partial charge in [0.15, 0.2) is 0 Å². The minimum Gasteiger partial charge on any atom is -0.497 e. The van der Waals surface area contributed by atoms with Gasteiger partial charge < -0.3 is 15.2 Å². The van der Waals surface area contributed by atoms with Gasteiger partial charge in [0.2, 0.25) is 5.88 Å². The maximum absolute atomic E-state index is 6.17. The van der Waals surface area contributed by atoms with Gasteiger partial charge in [-0.2, -0.15) is 4.98 Å². The van der Waals surface area contributed by atoms with Crippen LogP contribution in [-0.2, 0) is 0 Å². The van der Waals surface area contributed by atoms with Crippen LogP contribution in [0.5, 0.6) is 17.4 Å². The summed E-state index contributed by atoms with van der Waals surface area (Å²) in [5, 5.41) is 0.664. The molecule has 1 heterocycles. The molecule has 2 aromatic carbocycles. The molecule has 24 heavy (non-hydrogen) atoms. The summed E-state index contributed by atoms with van der Waals surface area (Å²) in [5.41, 5.74) is 7.79. The van der Waals surface area contributed by atoms with Gasteiger partial charge in [0, 0.05) is 4.90 Å². The van der Waals surface area contributed by atoms with Gasteiger partial charge in [-0.15, -0.1) is 0 Å². The van der Waals surface area contributed by atoms with Gasteiger partial charge in [-0.25, -0.2) is 4.98 Å². The summed E-state index contributed by atoms with van der Waals surface area (Å²) < 4.78 is 10.9. The first-order valence-electron chi connectivity index (χ1n) is 7.32.